The molecule has 86 valence electrons. The van der Waals surface area contributed by atoms with Gasteiger partial charge >= 0.3 is 0 Å². The number of carbonyl (C=O) groups excluding carboxylic acids is 1. The summed E-state index contributed by atoms with van der Waals surface area (Å²) in [7, 11) is 0. The molecule has 0 bridgehead atoms. The van der Waals surface area contributed by atoms with Gasteiger partial charge in [0.15, 0.2) is 0 Å². The average molecular weight is 209 g/mol. The van der Waals surface area contributed by atoms with Gasteiger partial charge in [-0.15, -0.1) is 0 Å². The van der Waals surface area contributed by atoms with Gasteiger partial charge in [0, 0.05) is 12.5 Å². The van der Waals surface area contributed by atoms with Gasteiger partial charge in [0.25, 0.3) is 0 Å². The second kappa shape index (κ2) is 5.11. The molecule has 0 N–H and O–H groups in total. The summed E-state index contributed by atoms with van der Waals surface area (Å²) in [6.45, 7) is 3.27. The predicted molar refractivity (Wildman–Crippen MR) is 61.9 cm³/mol. The summed E-state index contributed by atoms with van der Waals surface area (Å²) in [5.41, 5.74) is 0. The van der Waals surface area contributed by atoms with Gasteiger partial charge in [-0.3, -0.25) is 9.69 Å². The van der Waals surface area contributed by atoms with Gasteiger partial charge in [0.05, 0.1) is 6.04 Å². The van der Waals surface area contributed by atoms with E-state index in [9.17, 15) is 4.79 Å². The van der Waals surface area contributed by atoms with Crippen molar-refractivity contribution in [1.82, 2.24) is 4.90 Å². The van der Waals surface area contributed by atoms with Gasteiger partial charge in [-0.2, -0.15) is 0 Å². The van der Waals surface area contributed by atoms with E-state index in [0.717, 1.165) is 25.8 Å². The molecular weight excluding hydrogens is 186 g/mol. The van der Waals surface area contributed by atoms with Crippen LogP contribution in [0.15, 0.2) is 0 Å². The molecule has 2 saturated carbocycles. The highest BCUT2D eigenvalue weighted by molar-refractivity contribution is 5.84. The Hall–Kier alpha value is -0.370. The minimum Gasteiger partial charge on any atom is -0.298 e. The smallest absolute Gasteiger partial charge is 0.149 e. The number of rotatable bonds is 3. The van der Waals surface area contributed by atoms with E-state index >= 15 is 0 Å². The Morgan fingerprint density at radius 3 is 2.40 bits per heavy atom. The molecule has 2 aliphatic rings. The molecule has 0 aromatic heterocycles. The summed E-state index contributed by atoms with van der Waals surface area (Å²) >= 11 is 0. The molecule has 0 aromatic carbocycles. The molecule has 0 aromatic rings. The molecule has 0 spiro atoms. The monoisotopic (exact) mass is 209 g/mol. The standard InChI is InChI=1S/C13H23NO/c1-2-14(11-7-3-4-8-11)12-9-5-6-10-13(12)15/h11-12H,2-10H2,1H3. The molecule has 0 amide bonds. The number of hydrogen-bond acceptors (Lipinski definition) is 2. The Bertz CT molecular complexity index is 221. The van der Waals surface area contributed by atoms with E-state index < -0.39 is 0 Å². The van der Waals surface area contributed by atoms with Gasteiger partial charge in [-0.25, -0.2) is 0 Å². The molecule has 2 fully saturated rings. The number of nitrogens with zero attached hydrogens (tertiary/aromatic N) is 1. The van der Waals surface area contributed by atoms with Crippen molar-refractivity contribution >= 4 is 5.78 Å². The lowest BCUT2D eigenvalue weighted by Gasteiger charge is -2.36. The molecule has 2 nitrogen and oxygen atoms in total. The third kappa shape index (κ3) is 2.41. The van der Waals surface area contributed by atoms with E-state index in [2.05, 4.69) is 11.8 Å². The average Bonchev–Trinajstić information content (AvgIpc) is 2.75. The van der Waals surface area contributed by atoms with Crippen molar-refractivity contribution in [3.05, 3.63) is 0 Å². The fourth-order valence-corrected chi connectivity index (χ4v) is 3.28. The zero-order chi connectivity index (χ0) is 10.7. The van der Waals surface area contributed by atoms with Gasteiger partial charge in [0.1, 0.15) is 5.78 Å². The summed E-state index contributed by atoms with van der Waals surface area (Å²) in [5, 5.41) is 0. The van der Waals surface area contributed by atoms with Crippen LogP contribution in [0, 0.1) is 0 Å². The molecular formula is C13H23NO. The highest BCUT2D eigenvalue weighted by Crippen LogP contribution is 2.29. The maximum Gasteiger partial charge on any atom is 0.149 e. The topological polar surface area (TPSA) is 20.3 Å². The van der Waals surface area contributed by atoms with Crippen LogP contribution in [-0.2, 0) is 4.79 Å². The van der Waals surface area contributed by atoms with Crippen molar-refractivity contribution in [2.45, 2.75) is 70.4 Å². The molecule has 2 rings (SSSR count). The first-order chi connectivity index (χ1) is 7.33. The van der Waals surface area contributed by atoms with E-state index in [-0.39, 0.29) is 6.04 Å². The highest BCUT2D eigenvalue weighted by Gasteiger charge is 2.32. The van der Waals surface area contributed by atoms with Gasteiger partial charge in [0.2, 0.25) is 0 Å². The first-order valence-electron chi connectivity index (χ1n) is 6.61. The van der Waals surface area contributed by atoms with Crippen molar-refractivity contribution < 1.29 is 4.79 Å². The summed E-state index contributed by atoms with van der Waals surface area (Å²) in [4.78, 5) is 14.4. The second-order valence-electron chi connectivity index (χ2n) is 5.00. The van der Waals surface area contributed by atoms with Crippen LogP contribution in [0.1, 0.15) is 58.3 Å². The first kappa shape index (κ1) is 11.1. The quantitative estimate of drug-likeness (QED) is 0.712. The molecule has 1 unspecified atom stereocenters. The second-order valence-corrected chi connectivity index (χ2v) is 5.00. The van der Waals surface area contributed by atoms with Crippen LogP contribution in [0.2, 0.25) is 0 Å². The van der Waals surface area contributed by atoms with Crippen molar-refractivity contribution in [2.24, 2.45) is 0 Å². The van der Waals surface area contributed by atoms with Crippen molar-refractivity contribution in [3.63, 3.8) is 0 Å². The number of likely N-dealkylation sites (N-methyl/N-ethyl adjacent to an activating group) is 1. The Morgan fingerprint density at radius 2 is 1.80 bits per heavy atom. The summed E-state index contributed by atoms with van der Waals surface area (Å²) in [5.74, 6) is 0.509. The van der Waals surface area contributed by atoms with Crippen LogP contribution >= 0.6 is 0 Å². The molecule has 0 saturated heterocycles. The van der Waals surface area contributed by atoms with Crippen molar-refractivity contribution in [3.8, 4) is 0 Å². The molecule has 15 heavy (non-hydrogen) atoms. The summed E-state index contributed by atoms with van der Waals surface area (Å²) in [6, 6.07) is 0.980. The van der Waals surface area contributed by atoms with Crippen LogP contribution < -0.4 is 0 Å². The number of Topliss-reactive ketones (excluding diaryl/α,β-unsaturated/α-hetero) is 1. The van der Waals surface area contributed by atoms with E-state index in [1.54, 1.807) is 0 Å². The number of carbonyl (C=O) groups is 1. The predicted octanol–water partition coefficient (Wildman–Crippen LogP) is 2.76. The maximum absolute atomic E-state index is 11.9. The Morgan fingerprint density at radius 1 is 1.13 bits per heavy atom. The van der Waals surface area contributed by atoms with Crippen molar-refractivity contribution in [1.29, 1.82) is 0 Å². The number of ketones is 1. The molecule has 1 atom stereocenters. The van der Waals surface area contributed by atoms with E-state index in [0.29, 0.717) is 11.8 Å². The third-order valence-electron chi connectivity index (χ3n) is 4.08. The normalized spacial score (nSPS) is 28.9. The molecule has 0 radical (unpaired) electrons. The summed E-state index contributed by atoms with van der Waals surface area (Å²) < 4.78 is 0. The van der Waals surface area contributed by atoms with Gasteiger partial charge in [-0.1, -0.05) is 26.2 Å². The third-order valence-corrected chi connectivity index (χ3v) is 4.08. The largest absolute Gasteiger partial charge is 0.298 e. The zero-order valence-electron chi connectivity index (χ0n) is 9.87. The number of hydrogen-bond donors (Lipinski definition) is 0. The first-order valence-corrected chi connectivity index (χ1v) is 6.61. The molecule has 2 aliphatic carbocycles. The van der Waals surface area contributed by atoms with Crippen LogP contribution in [0.5, 0.6) is 0 Å². The minimum absolute atomic E-state index is 0.270. The highest BCUT2D eigenvalue weighted by atomic mass is 16.1. The van der Waals surface area contributed by atoms with Crippen LogP contribution in [-0.4, -0.2) is 29.3 Å². The SMILES string of the molecule is CCN(C1CCCC1)C1CCCCC1=O. The van der Waals surface area contributed by atoms with Gasteiger partial charge in [-0.05, 0) is 32.2 Å². The van der Waals surface area contributed by atoms with Crippen LogP contribution in [0.3, 0.4) is 0 Å². The lowest BCUT2D eigenvalue weighted by molar-refractivity contribution is -0.127. The molecule has 0 heterocycles. The fraction of sp³-hybridized carbons (Fsp3) is 0.923. The molecule has 2 heteroatoms. The van der Waals surface area contributed by atoms with E-state index in [4.69, 9.17) is 0 Å². The van der Waals surface area contributed by atoms with Crippen molar-refractivity contribution in [2.75, 3.05) is 6.54 Å². The zero-order valence-corrected chi connectivity index (χ0v) is 9.87. The van der Waals surface area contributed by atoms with Gasteiger partial charge < -0.3 is 0 Å². The summed E-state index contributed by atoms with van der Waals surface area (Å²) in [6.07, 6.45) is 9.67. The molecule has 0 aliphatic heterocycles. The lowest BCUT2D eigenvalue weighted by atomic mass is 9.91. The van der Waals surface area contributed by atoms with E-state index in [1.807, 2.05) is 0 Å². The Labute approximate surface area is 93.0 Å². The Balaban J connectivity index is 2.00. The minimum atomic E-state index is 0.270. The maximum atomic E-state index is 11.9. The van der Waals surface area contributed by atoms with E-state index in [1.165, 1.54) is 32.1 Å². The van der Waals surface area contributed by atoms with Crippen LogP contribution in [0.25, 0.3) is 0 Å². The van der Waals surface area contributed by atoms with Crippen LogP contribution in [0.4, 0.5) is 0 Å². The lowest BCUT2D eigenvalue weighted by Crippen LogP contribution is -2.47. The Kier molecular flexibility index (Phi) is 3.79. The fourth-order valence-electron chi connectivity index (χ4n) is 3.28.